The molecule has 0 atom stereocenters. The van der Waals surface area contributed by atoms with Crippen LogP contribution in [0.25, 0.3) is 0 Å². The lowest BCUT2D eigenvalue weighted by Crippen LogP contribution is -2.42. The first kappa shape index (κ1) is 13.1. The second kappa shape index (κ2) is 4.07. The Labute approximate surface area is 108 Å². The summed E-state index contributed by atoms with van der Waals surface area (Å²) in [6, 6.07) is 6.05. The van der Waals surface area contributed by atoms with E-state index in [1.54, 1.807) is 14.2 Å². The van der Waals surface area contributed by atoms with E-state index >= 15 is 0 Å². The maximum Gasteiger partial charge on any atom is 0.279 e. The van der Waals surface area contributed by atoms with Gasteiger partial charge in [0.25, 0.3) is 5.91 Å². The lowest BCUT2D eigenvalue weighted by atomic mass is 9.85. The second-order valence-electron chi connectivity index (χ2n) is 5.54. The predicted octanol–water partition coefficient (Wildman–Crippen LogP) is 2.32. The van der Waals surface area contributed by atoms with Crippen molar-refractivity contribution in [3.05, 3.63) is 34.9 Å². The number of ether oxygens (including phenoxy) is 2. The molecular weight excluding hydrogens is 228 g/mol. The van der Waals surface area contributed by atoms with Gasteiger partial charge in [0.15, 0.2) is 0 Å². The second-order valence-corrected chi connectivity index (χ2v) is 5.54. The fourth-order valence-electron chi connectivity index (χ4n) is 2.21. The molecular formula is C14H20N2O2. The fourth-order valence-corrected chi connectivity index (χ4v) is 2.21. The van der Waals surface area contributed by atoms with Gasteiger partial charge in [-0.15, -0.1) is 0 Å². The summed E-state index contributed by atoms with van der Waals surface area (Å²) in [5.74, 6) is -0.706. The van der Waals surface area contributed by atoms with E-state index in [0.29, 0.717) is 5.84 Å². The van der Waals surface area contributed by atoms with Crippen LogP contribution in [-0.2, 0) is 20.8 Å². The van der Waals surface area contributed by atoms with E-state index in [1.165, 1.54) is 5.56 Å². The van der Waals surface area contributed by atoms with E-state index in [-0.39, 0.29) is 5.41 Å². The van der Waals surface area contributed by atoms with Gasteiger partial charge in [0.2, 0.25) is 0 Å². The van der Waals surface area contributed by atoms with Gasteiger partial charge in [-0.2, -0.15) is 0 Å². The van der Waals surface area contributed by atoms with Gasteiger partial charge < -0.3 is 14.8 Å². The van der Waals surface area contributed by atoms with Crippen LogP contribution in [0.15, 0.2) is 18.2 Å². The van der Waals surface area contributed by atoms with Gasteiger partial charge in [-0.3, -0.25) is 5.41 Å². The summed E-state index contributed by atoms with van der Waals surface area (Å²) in [6.07, 6.45) is 0. The molecule has 0 aromatic heterocycles. The van der Waals surface area contributed by atoms with Crippen LogP contribution in [0.2, 0.25) is 0 Å². The lowest BCUT2D eigenvalue weighted by Gasteiger charge is -2.28. The highest BCUT2D eigenvalue weighted by Gasteiger charge is 2.42. The Morgan fingerprint density at radius 3 is 2.28 bits per heavy atom. The molecule has 98 valence electrons. The Morgan fingerprint density at radius 2 is 1.78 bits per heavy atom. The molecule has 1 aromatic carbocycles. The van der Waals surface area contributed by atoms with Gasteiger partial charge in [-0.1, -0.05) is 32.9 Å². The van der Waals surface area contributed by atoms with Gasteiger partial charge in [0.05, 0.1) is 0 Å². The van der Waals surface area contributed by atoms with Crippen LogP contribution in [0.1, 0.15) is 37.5 Å². The van der Waals surface area contributed by atoms with Crippen molar-refractivity contribution in [2.45, 2.75) is 32.1 Å². The molecule has 0 amide bonds. The molecule has 0 radical (unpaired) electrons. The minimum absolute atomic E-state index is 0.0486. The molecule has 0 spiro atoms. The molecule has 18 heavy (non-hydrogen) atoms. The molecule has 2 N–H and O–H groups in total. The van der Waals surface area contributed by atoms with Crippen LogP contribution in [-0.4, -0.2) is 20.1 Å². The number of hydrogen-bond donors (Lipinski definition) is 2. The smallest absolute Gasteiger partial charge is 0.279 e. The molecule has 1 heterocycles. The van der Waals surface area contributed by atoms with Crippen LogP contribution in [0, 0.1) is 5.41 Å². The molecule has 0 unspecified atom stereocenters. The number of benzene rings is 1. The minimum atomic E-state index is -1.03. The summed E-state index contributed by atoms with van der Waals surface area (Å²) in [7, 11) is 3.14. The van der Waals surface area contributed by atoms with Gasteiger partial charge in [-0.05, 0) is 17.0 Å². The Hall–Kier alpha value is -1.39. The third-order valence-electron chi connectivity index (χ3n) is 3.37. The highest BCUT2D eigenvalue weighted by Crippen LogP contribution is 2.35. The van der Waals surface area contributed by atoms with Crippen molar-refractivity contribution in [2.75, 3.05) is 14.2 Å². The molecule has 1 aromatic rings. The molecule has 4 nitrogen and oxygen atoms in total. The van der Waals surface area contributed by atoms with Crippen molar-refractivity contribution >= 4 is 5.84 Å². The van der Waals surface area contributed by atoms with Crippen molar-refractivity contribution in [1.82, 2.24) is 5.32 Å². The van der Waals surface area contributed by atoms with Crippen molar-refractivity contribution in [1.29, 1.82) is 5.41 Å². The summed E-state index contributed by atoms with van der Waals surface area (Å²) < 4.78 is 10.9. The minimum Gasteiger partial charge on any atom is -0.332 e. The molecule has 0 bridgehead atoms. The van der Waals surface area contributed by atoms with Crippen molar-refractivity contribution in [3.8, 4) is 0 Å². The van der Waals surface area contributed by atoms with E-state index in [0.717, 1.165) is 11.1 Å². The van der Waals surface area contributed by atoms with Crippen molar-refractivity contribution in [3.63, 3.8) is 0 Å². The van der Waals surface area contributed by atoms with Crippen molar-refractivity contribution < 1.29 is 9.47 Å². The van der Waals surface area contributed by atoms with Gasteiger partial charge in [-0.25, -0.2) is 0 Å². The first-order valence-electron chi connectivity index (χ1n) is 5.96. The number of rotatable bonds is 2. The molecule has 1 aliphatic rings. The maximum absolute atomic E-state index is 7.95. The summed E-state index contributed by atoms with van der Waals surface area (Å²) in [5.41, 5.74) is 2.93. The first-order valence-corrected chi connectivity index (χ1v) is 5.96. The van der Waals surface area contributed by atoms with E-state index < -0.39 is 5.91 Å². The Kier molecular flexibility index (Phi) is 2.95. The highest BCUT2D eigenvalue weighted by molar-refractivity contribution is 6.01. The van der Waals surface area contributed by atoms with E-state index in [9.17, 15) is 0 Å². The maximum atomic E-state index is 7.95. The van der Waals surface area contributed by atoms with Crippen LogP contribution >= 0.6 is 0 Å². The summed E-state index contributed by atoms with van der Waals surface area (Å²) >= 11 is 0. The lowest BCUT2D eigenvalue weighted by molar-refractivity contribution is -0.223. The standard InChI is InChI=1S/C14H20N2O2/c1-13(2,3)9-6-7-10-11(8-9)14(17-4,18-5)16-12(10)15/h6-8H,1-5H3,(H2,15,16). The average molecular weight is 248 g/mol. The van der Waals surface area contributed by atoms with E-state index in [1.807, 2.05) is 6.07 Å². The topological polar surface area (TPSA) is 54.3 Å². The molecule has 2 rings (SSSR count). The SMILES string of the molecule is COC1(OC)NC(=N)c2ccc(C(C)(C)C)cc21. The summed E-state index contributed by atoms with van der Waals surface area (Å²) in [4.78, 5) is 0. The van der Waals surface area contributed by atoms with Crippen LogP contribution in [0.3, 0.4) is 0 Å². The average Bonchev–Trinajstić information content (AvgIpc) is 2.62. The van der Waals surface area contributed by atoms with E-state index in [2.05, 4.69) is 38.2 Å². The van der Waals surface area contributed by atoms with Gasteiger partial charge in [0, 0.05) is 25.3 Å². The van der Waals surface area contributed by atoms with Crippen molar-refractivity contribution in [2.24, 2.45) is 0 Å². The molecule has 4 heteroatoms. The number of methoxy groups -OCH3 is 2. The van der Waals surface area contributed by atoms with Gasteiger partial charge in [0.1, 0.15) is 5.84 Å². The third-order valence-corrected chi connectivity index (χ3v) is 3.37. The molecule has 0 fully saturated rings. The number of amidine groups is 1. The zero-order valence-corrected chi connectivity index (χ0v) is 11.5. The normalized spacial score (nSPS) is 17.5. The van der Waals surface area contributed by atoms with Crippen LogP contribution in [0.4, 0.5) is 0 Å². The summed E-state index contributed by atoms with van der Waals surface area (Å²) in [6.45, 7) is 6.47. The number of hydrogen-bond acceptors (Lipinski definition) is 3. The number of nitrogens with one attached hydrogen (secondary N) is 2. The van der Waals surface area contributed by atoms with Crippen LogP contribution in [0.5, 0.6) is 0 Å². The zero-order valence-electron chi connectivity index (χ0n) is 11.5. The van der Waals surface area contributed by atoms with E-state index in [4.69, 9.17) is 14.9 Å². The van der Waals surface area contributed by atoms with Crippen LogP contribution < -0.4 is 5.32 Å². The monoisotopic (exact) mass is 248 g/mol. The quantitative estimate of drug-likeness (QED) is 0.790. The highest BCUT2D eigenvalue weighted by atomic mass is 16.7. The Morgan fingerprint density at radius 1 is 1.17 bits per heavy atom. The molecule has 1 aliphatic heterocycles. The molecule has 0 saturated carbocycles. The van der Waals surface area contributed by atoms with Gasteiger partial charge >= 0.3 is 0 Å². The zero-order chi connectivity index (χ0) is 13.6. The molecule has 0 saturated heterocycles. The third kappa shape index (κ3) is 1.82. The fraction of sp³-hybridized carbons (Fsp3) is 0.500. The predicted molar refractivity (Wildman–Crippen MR) is 70.8 cm³/mol. The number of fused-ring (bicyclic) bond motifs is 1. The summed E-state index contributed by atoms with van der Waals surface area (Å²) in [5, 5.41) is 10.9. The Balaban J connectivity index is 2.60. The Bertz CT molecular complexity index is 485. The first-order chi connectivity index (χ1) is 8.34. The molecule has 0 aliphatic carbocycles. The largest absolute Gasteiger partial charge is 0.332 e.